The number of carbonyl (C=O) groups excluding carboxylic acids is 1. The molecule has 1 aromatic carbocycles. The van der Waals surface area contributed by atoms with Crippen LogP contribution in [0.1, 0.15) is 25.3 Å². The lowest BCUT2D eigenvalue weighted by Gasteiger charge is -2.24. The second-order valence-corrected chi connectivity index (χ2v) is 7.83. The molecule has 0 saturated carbocycles. The number of hydrogen-bond acceptors (Lipinski definition) is 5. The van der Waals surface area contributed by atoms with E-state index in [9.17, 15) is 4.79 Å². The molecule has 3 aromatic rings. The fourth-order valence-corrected chi connectivity index (χ4v) is 4.63. The Morgan fingerprint density at radius 1 is 1.21 bits per heavy atom. The maximum atomic E-state index is 12.9. The van der Waals surface area contributed by atoms with Crippen molar-refractivity contribution in [1.82, 2.24) is 19.7 Å². The van der Waals surface area contributed by atoms with Crippen molar-refractivity contribution in [2.45, 2.75) is 43.9 Å². The zero-order valence-electron chi connectivity index (χ0n) is 16.0. The van der Waals surface area contributed by atoms with E-state index in [1.54, 1.807) is 6.26 Å². The fraction of sp³-hybridized carbons (Fsp3) is 0.381. The lowest BCUT2D eigenvalue weighted by Crippen LogP contribution is -2.38. The molecule has 0 radical (unpaired) electrons. The number of thioether (sulfide) groups is 1. The van der Waals surface area contributed by atoms with E-state index in [2.05, 4.69) is 34.5 Å². The summed E-state index contributed by atoms with van der Waals surface area (Å²) in [7, 11) is 0. The van der Waals surface area contributed by atoms with Gasteiger partial charge in [0.1, 0.15) is 0 Å². The lowest BCUT2D eigenvalue weighted by atomic mass is 10.0. The van der Waals surface area contributed by atoms with Crippen LogP contribution in [-0.2, 0) is 17.8 Å². The van der Waals surface area contributed by atoms with Crippen molar-refractivity contribution >= 4 is 17.7 Å². The van der Waals surface area contributed by atoms with Crippen LogP contribution in [0, 0.1) is 0 Å². The van der Waals surface area contributed by atoms with Crippen molar-refractivity contribution in [3.63, 3.8) is 0 Å². The average Bonchev–Trinajstić information content (AvgIpc) is 3.46. The van der Waals surface area contributed by atoms with Gasteiger partial charge in [0.15, 0.2) is 16.7 Å². The number of hydrogen-bond donors (Lipinski definition) is 0. The van der Waals surface area contributed by atoms with Crippen LogP contribution >= 0.6 is 11.8 Å². The molecule has 1 fully saturated rings. The first-order valence-corrected chi connectivity index (χ1v) is 10.7. The van der Waals surface area contributed by atoms with Gasteiger partial charge < -0.3 is 9.32 Å². The van der Waals surface area contributed by atoms with Gasteiger partial charge in [-0.3, -0.25) is 9.36 Å². The molecule has 1 aliphatic rings. The molecular formula is C21H24N4O2S. The number of benzene rings is 1. The maximum absolute atomic E-state index is 12.9. The molecule has 1 unspecified atom stereocenters. The summed E-state index contributed by atoms with van der Waals surface area (Å²) in [5.74, 6) is 1.94. The molecule has 7 heteroatoms. The van der Waals surface area contributed by atoms with E-state index in [1.807, 2.05) is 34.6 Å². The highest BCUT2D eigenvalue weighted by molar-refractivity contribution is 7.99. The number of aromatic nitrogens is 3. The zero-order valence-corrected chi connectivity index (χ0v) is 16.8. The Bertz CT molecular complexity index is 908. The summed E-state index contributed by atoms with van der Waals surface area (Å²) in [6.07, 6.45) is 4.69. The predicted molar refractivity (Wildman–Crippen MR) is 109 cm³/mol. The summed E-state index contributed by atoms with van der Waals surface area (Å²) < 4.78 is 7.43. The average molecular weight is 397 g/mol. The molecular weight excluding hydrogens is 372 g/mol. The van der Waals surface area contributed by atoms with E-state index in [4.69, 9.17) is 4.42 Å². The van der Waals surface area contributed by atoms with Gasteiger partial charge in [0.2, 0.25) is 5.91 Å². The number of likely N-dealkylation sites (tertiary alicyclic amines) is 1. The Hall–Kier alpha value is -2.54. The third-order valence-electron chi connectivity index (χ3n) is 5.11. The Labute approximate surface area is 168 Å². The van der Waals surface area contributed by atoms with Crippen molar-refractivity contribution < 1.29 is 9.21 Å². The summed E-state index contributed by atoms with van der Waals surface area (Å²) in [6.45, 7) is 3.60. The second kappa shape index (κ2) is 8.65. The van der Waals surface area contributed by atoms with Crippen LogP contribution in [0.15, 0.2) is 58.3 Å². The first-order valence-electron chi connectivity index (χ1n) is 9.69. The van der Waals surface area contributed by atoms with Gasteiger partial charge in [0.25, 0.3) is 0 Å². The van der Waals surface area contributed by atoms with E-state index in [0.29, 0.717) is 23.4 Å². The molecule has 0 aliphatic carbocycles. The summed E-state index contributed by atoms with van der Waals surface area (Å²) in [5, 5.41) is 9.27. The first kappa shape index (κ1) is 18.8. The maximum Gasteiger partial charge on any atom is 0.233 e. The largest absolute Gasteiger partial charge is 0.461 e. The van der Waals surface area contributed by atoms with E-state index in [-0.39, 0.29) is 5.91 Å². The predicted octanol–water partition coefficient (Wildman–Crippen LogP) is 3.88. The number of nitrogens with zero attached hydrogens (tertiary/aromatic N) is 4. The standard InChI is InChI=1S/C21H24N4O2S/c1-2-24-20(18-11-7-13-27-18)22-23-21(24)28-15-19(26)25-12-6-10-17(25)14-16-8-4-3-5-9-16/h3-5,7-9,11,13,17H,2,6,10,12,14-15H2,1H3. The van der Waals surface area contributed by atoms with Gasteiger partial charge in [-0.1, -0.05) is 42.1 Å². The van der Waals surface area contributed by atoms with Crippen molar-refractivity contribution in [3.8, 4) is 11.6 Å². The van der Waals surface area contributed by atoms with Gasteiger partial charge in [-0.25, -0.2) is 0 Å². The topological polar surface area (TPSA) is 64.2 Å². The van der Waals surface area contributed by atoms with E-state index in [1.165, 1.54) is 17.3 Å². The Morgan fingerprint density at radius 2 is 2.07 bits per heavy atom. The highest BCUT2D eigenvalue weighted by Crippen LogP contribution is 2.26. The van der Waals surface area contributed by atoms with Crippen LogP contribution in [0.4, 0.5) is 0 Å². The van der Waals surface area contributed by atoms with E-state index < -0.39 is 0 Å². The molecule has 1 aliphatic heterocycles. The van der Waals surface area contributed by atoms with Crippen LogP contribution in [0.5, 0.6) is 0 Å². The van der Waals surface area contributed by atoms with Gasteiger partial charge in [0, 0.05) is 19.1 Å². The van der Waals surface area contributed by atoms with Gasteiger partial charge in [0.05, 0.1) is 12.0 Å². The summed E-state index contributed by atoms with van der Waals surface area (Å²) in [4.78, 5) is 14.9. The molecule has 0 bridgehead atoms. The first-order chi connectivity index (χ1) is 13.8. The SMILES string of the molecule is CCn1c(SCC(=O)N2CCCC2Cc2ccccc2)nnc1-c1ccco1. The van der Waals surface area contributed by atoms with Crippen LogP contribution in [0.3, 0.4) is 0 Å². The van der Waals surface area contributed by atoms with Crippen LogP contribution in [0.2, 0.25) is 0 Å². The van der Waals surface area contributed by atoms with Crippen molar-refractivity contribution in [1.29, 1.82) is 0 Å². The molecule has 0 spiro atoms. The highest BCUT2D eigenvalue weighted by atomic mass is 32.2. The fourth-order valence-electron chi connectivity index (χ4n) is 3.74. The summed E-state index contributed by atoms with van der Waals surface area (Å²) in [6, 6.07) is 14.4. The number of rotatable bonds is 7. The monoisotopic (exact) mass is 396 g/mol. The molecule has 2 aromatic heterocycles. The number of furan rings is 1. The van der Waals surface area contributed by atoms with Crippen LogP contribution in [-0.4, -0.2) is 43.9 Å². The van der Waals surface area contributed by atoms with Gasteiger partial charge in [-0.05, 0) is 43.9 Å². The molecule has 1 amide bonds. The molecule has 1 saturated heterocycles. The van der Waals surface area contributed by atoms with Gasteiger partial charge >= 0.3 is 0 Å². The minimum atomic E-state index is 0.175. The van der Waals surface area contributed by atoms with Crippen LogP contribution < -0.4 is 0 Å². The summed E-state index contributed by atoms with van der Waals surface area (Å²) >= 11 is 1.45. The number of amides is 1. The summed E-state index contributed by atoms with van der Waals surface area (Å²) in [5.41, 5.74) is 1.29. The quantitative estimate of drug-likeness (QED) is 0.567. The molecule has 28 heavy (non-hydrogen) atoms. The van der Waals surface area contributed by atoms with Crippen molar-refractivity contribution in [2.24, 2.45) is 0 Å². The van der Waals surface area contributed by atoms with Crippen molar-refractivity contribution in [3.05, 3.63) is 54.3 Å². The normalized spacial score (nSPS) is 16.6. The van der Waals surface area contributed by atoms with E-state index in [0.717, 1.165) is 37.5 Å². The van der Waals surface area contributed by atoms with Gasteiger partial charge in [-0.2, -0.15) is 0 Å². The Morgan fingerprint density at radius 3 is 2.82 bits per heavy atom. The molecule has 0 N–H and O–H groups in total. The van der Waals surface area contributed by atoms with Crippen LogP contribution in [0.25, 0.3) is 11.6 Å². The molecule has 6 nitrogen and oxygen atoms in total. The lowest BCUT2D eigenvalue weighted by molar-refractivity contribution is -0.129. The highest BCUT2D eigenvalue weighted by Gasteiger charge is 2.29. The zero-order chi connectivity index (χ0) is 19.3. The van der Waals surface area contributed by atoms with E-state index >= 15 is 0 Å². The minimum Gasteiger partial charge on any atom is -0.461 e. The third-order valence-corrected chi connectivity index (χ3v) is 6.06. The molecule has 4 rings (SSSR count). The smallest absolute Gasteiger partial charge is 0.233 e. The Balaban J connectivity index is 1.40. The molecule has 1 atom stereocenters. The minimum absolute atomic E-state index is 0.175. The second-order valence-electron chi connectivity index (χ2n) is 6.89. The van der Waals surface area contributed by atoms with Crippen molar-refractivity contribution in [2.75, 3.05) is 12.3 Å². The molecule has 146 valence electrons. The Kier molecular flexibility index (Phi) is 5.81. The molecule has 3 heterocycles. The van der Waals surface area contributed by atoms with Gasteiger partial charge in [-0.15, -0.1) is 10.2 Å². The third kappa shape index (κ3) is 3.99. The number of carbonyl (C=O) groups is 1.